The maximum Gasteiger partial charge on any atom is 0.187 e. The molecule has 2 aliphatic rings. The number of hydrogen-bond acceptors (Lipinski definition) is 4. The molecule has 1 spiro atoms. The summed E-state index contributed by atoms with van der Waals surface area (Å²) in [6.45, 7) is 14.9. The molecule has 0 amide bonds. The molecule has 2 aromatic rings. The minimum absolute atomic E-state index is 0.0437. The number of carbonyl (C=O) groups is 1. The SMILES string of the molecule is CC(C)(C)c1ccc(C(=O)C=CN2CCC3(CC2)CC(c2ccc(C(C)(C)C)cc2)=NO3)cc1. The van der Waals surface area contributed by atoms with E-state index in [1.54, 1.807) is 6.08 Å². The van der Waals surface area contributed by atoms with Gasteiger partial charge >= 0.3 is 0 Å². The highest BCUT2D eigenvalue weighted by Crippen LogP contribution is 2.36. The smallest absolute Gasteiger partial charge is 0.187 e. The predicted molar refractivity (Wildman–Crippen MR) is 140 cm³/mol. The fraction of sp³-hybridized carbons (Fsp3) is 0.467. The standard InChI is InChI=1S/C30H38N2O2/c1-28(2,3)24-11-7-22(8-12-24)26-21-30(34-31-26)16-19-32(20-17-30)18-15-27(33)23-9-13-25(14-10-23)29(4,5)6/h7-15,18H,16-17,19-21H2,1-6H3. The Balaban J connectivity index is 1.30. The average Bonchev–Trinajstić information content (AvgIpc) is 3.21. The second-order valence-electron chi connectivity index (χ2n) is 11.9. The van der Waals surface area contributed by atoms with E-state index in [0.717, 1.165) is 49.2 Å². The maximum atomic E-state index is 12.6. The number of hydrogen-bond donors (Lipinski definition) is 0. The lowest BCUT2D eigenvalue weighted by atomic mass is 9.84. The number of ketones is 1. The van der Waals surface area contributed by atoms with Crippen LogP contribution in [0.25, 0.3) is 0 Å². The van der Waals surface area contributed by atoms with Crippen molar-refractivity contribution in [1.29, 1.82) is 0 Å². The molecule has 4 rings (SSSR count). The van der Waals surface area contributed by atoms with Gasteiger partial charge in [-0.05, 0) is 27.5 Å². The van der Waals surface area contributed by atoms with E-state index in [1.165, 1.54) is 11.1 Å². The molecule has 0 N–H and O–H groups in total. The summed E-state index contributed by atoms with van der Waals surface area (Å²) in [5.41, 5.74) is 5.49. The molecule has 2 heterocycles. The fourth-order valence-electron chi connectivity index (χ4n) is 4.59. The Kier molecular flexibility index (Phi) is 6.46. The van der Waals surface area contributed by atoms with Gasteiger partial charge in [0.15, 0.2) is 5.78 Å². The Bertz CT molecular complexity index is 1070. The highest BCUT2D eigenvalue weighted by molar-refractivity contribution is 6.04. The summed E-state index contributed by atoms with van der Waals surface area (Å²) in [6.07, 6.45) is 6.28. The van der Waals surface area contributed by atoms with Crippen molar-refractivity contribution in [3.05, 3.63) is 83.1 Å². The molecular formula is C30H38N2O2. The van der Waals surface area contributed by atoms with E-state index in [1.807, 2.05) is 18.3 Å². The first-order valence-electron chi connectivity index (χ1n) is 12.4. The molecule has 34 heavy (non-hydrogen) atoms. The second-order valence-corrected chi connectivity index (χ2v) is 11.9. The number of piperidine rings is 1. The van der Waals surface area contributed by atoms with Crippen LogP contribution in [0.2, 0.25) is 0 Å². The first-order chi connectivity index (χ1) is 16.0. The summed E-state index contributed by atoms with van der Waals surface area (Å²) in [5.74, 6) is 0.0437. The van der Waals surface area contributed by atoms with Gasteiger partial charge < -0.3 is 9.74 Å². The zero-order chi connectivity index (χ0) is 24.6. The molecule has 0 bridgehead atoms. The van der Waals surface area contributed by atoms with Crippen LogP contribution in [0.15, 0.2) is 66.0 Å². The molecule has 2 aromatic carbocycles. The van der Waals surface area contributed by atoms with Crippen LogP contribution in [0.1, 0.15) is 87.9 Å². The number of oxime groups is 1. The van der Waals surface area contributed by atoms with Crippen LogP contribution in [0, 0.1) is 0 Å². The summed E-state index contributed by atoms with van der Waals surface area (Å²) in [4.78, 5) is 20.8. The van der Waals surface area contributed by atoms with Gasteiger partial charge in [0.05, 0.1) is 5.71 Å². The normalized spacial score (nSPS) is 18.3. The molecule has 180 valence electrons. The van der Waals surface area contributed by atoms with Crippen LogP contribution < -0.4 is 0 Å². The van der Waals surface area contributed by atoms with Crippen LogP contribution in [-0.2, 0) is 15.7 Å². The number of rotatable bonds is 4. The minimum atomic E-state index is -0.213. The van der Waals surface area contributed by atoms with Gasteiger partial charge in [-0.25, -0.2) is 0 Å². The molecule has 4 heteroatoms. The van der Waals surface area contributed by atoms with Gasteiger partial charge in [0.2, 0.25) is 0 Å². The van der Waals surface area contributed by atoms with Gasteiger partial charge in [0, 0.05) is 50.2 Å². The number of allylic oxidation sites excluding steroid dienone is 1. The molecule has 4 nitrogen and oxygen atoms in total. The highest BCUT2D eigenvalue weighted by Gasteiger charge is 2.42. The number of benzene rings is 2. The first kappa shape index (κ1) is 24.3. The van der Waals surface area contributed by atoms with E-state index in [2.05, 4.69) is 88.0 Å². The Morgan fingerprint density at radius 2 is 1.41 bits per heavy atom. The molecule has 0 atom stereocenters. The molecule has 1 fully saturated rings. The molecule has 0 aliphatic carbocycles. The Labute approximate surface area is 204 Å². The van der Waals surface area contributed by atoms with Crippen LogP contribution in [0.4, 0.5) is 0 Å². The summed E-state index contributed by atoms with van der Waals surface area (Å²) in [7, 11) is 0. The monoisotopic (exact) mass is 458 g/mol. The molecule has 2 aliphatic heterocycles. The Morgan fingerprint density at radius 1 is 0.882 bits per heavy atom. The lowest BCUT2D eigenvalue weighted by Gasteiger charge is -2.36. The molecular weight excluding hydrogens is 420 g/mol. The molecule has 0 unspecified atom stereocenters. The maximum absolute atomic E-state index is 12.6. The van der Waals surface area contributed by atoms with E-state index >= 15 is 0 Å². The third-order valence-corrected chi connectivity index (χ3v) is 7.10. The Hall–Kier alpha value is -2.88. The van der Waals surface area contributed by atoms with Gasteiger partial charge in [0.1, 0.15) is 5.60 Å². The van der Waals surface area contributed by atoms with Gasteiger partial charge in [-0.3, -0.25) is 4.79 Å². The second kappa shape index (κ2) is 9.05. The van der Waals surface area contributed by atoms with E-state index in [0.29, 0.717) is 0 Å². The van der Waals surface area contributed by atoms with Gasteiger partial charge in [-0.1, -0.05) is 95.2 Å². The van der Waals surface area contributed by atoms with E-state index in [9.17, 15) is 4.79 Å². The minimum Gasteiger partial charge on any atom is -0.388 e. The number of carbonyl (C=O) groups excluding carboxylic acids is 1. The molecule has 0 aromatic heterocycles. The molecule has 0 radical (unpaired) electrons. The van der Waals surface area contributed by atoms with Gasteiger partial charge in [-0.15, -0.1) is 0 Å². The van der Waals surface area contributed by atoms with E-state index in [4.69, 9.17) is 4.84 Å². The summed E-state index contributed by atoms with van der Waals surface area (Å²) < 4.78 is 0. The fourth-order valence-corrected chi connectivity index (χ4v) is 4.59. The van der Waals surface area contributed by atoms with E-state index in [-0.39, 0.29) is 22.2 Å². The van der Waals surface area contributed by atoms with Crippen LogP contribution in [-0.4, -0.2) is 35.1 Å². The number of nitrogens with zero attached hydrogens (tertiary/aromatic N) is 2. The van der Waals surface area contributed by atoms with Crippen molar-refractivity contribution >= 4 is 11.5 Å². The zero-order valence-corrected chi connectivity index (χ0v) is 21.5. The zero-order valence-electron chi connectivity index (χ0n) is 21.5. The lowest BCUT2D eigenvalue weighted by molar-refractivity contribution is -0.0550. The van der Waals surface area contributed by atoms with Crippen molar-refractivity contribution < 1.29 is 9.63 Å². The largest absolute Gasteiger partial charge is 0.388 e. The molecule has 0 saturated carbocycles. The van der Waals surface area contributed by atoms with Crippen molar-refractivity contribution in [2.24, 2.45) is 5.16 Å². The third-order valence-electron chi connectivity index (χ3n) is 7.10. The van der Waals surface area contributed by atoms with Crippen molar-refractivity contribution in [2.45, 2.75) is 77.2 Å². The van der Waals surface area contributed by atoms with Crippen LogP contribution in [0.3, 0.4) is 0 Å². The van der Waals surface area contributed by atoms with Crippen molar-refractivity contribution in [1.82, 2.24) is 4.90 Å². The van der Waals surface area contributed by atoms with E-state index < -0.39 is 0 Å². The topological polar surface area (TPSA) is 41.9 Å². The number of likely N-dealkylation sites (tertiary alicyclic amines) is 1. The van der Waals surface area contributed by atoms with Gasteiger partial charge in [0.25, 0.3) is 0 Å². The van der Waals surface area contributed by atoms with Crippen molar-refractivity contribution in [2.75, 3.05) is 13.1 Å². The van der Waals surface area contributed by atoms with Crippen molar-refractivity contribution in [3.63, 3.8) is 0 Å². The third kappa shape index (κ3) is 5.43. The van der Waals surface area contributed by atoms with Crippen LogP contribution in [0.5, 0.6) is 0 Å². The highest BCUT2D eigenvalue weighted by atomic mass is 16.7. The average molecular weight is 459 g/mol. The molecule has 1 saturated heterocycles. The Morgan fingerprint density at radius 3 is 1.94 bits per heavy atom. The van der Waals surface area contributed by atoms with Crippen LogP contribution >= 0.6 is 0 Å². The van der Waals surface area contributed by atoms with Crippen molar-refractivity contribution in [3.8, 4) is 0 Å². The lowest BCUT2D eigenvalue weighted by Crippen LogP contribution is -2.42. The quantitative estimate of drug-likeness (QED) is 0.381. The predicted octanol–water partition coefficient (Wildman–Crippen LogP) is 6.64. The van der Waals surface area contributed by atoms with Gasteiger partial charge in [-0.2, -0.15) is 0 Å². The first-order valence-corrected chi connectivity index (χ1v) is 12.4. The summed E-state index contributed by atoms with van der Waals surface area (Å²) in [6, 6.07) is 16.7. The summed E-state index contributed by atoms with van der Waals surface area (Å²) in [5, 5.41) is 4.46. The summed E-state index contributed by atoms with van der Waals surface area (Å²) >= 11 is 0.